The van der Waals surface area contributed by atoms with Crippen molar-refractivity contribution in [3.63, 3.8) is 0 Å². The zero-order valence-corrected chi connectivity index (χ0v) is 13.5. The van der Waals surface area contributed by atoms with Crippen LogP contribution in [-0.2, 0) is 0 Å². The van der Waals surface area contributed by atoms with Crippen molar-refractivity contribution in [3.8, 4) is 16.2 Å². The van der Waals surface area contributed by atoms with E-state index < -0.39 is 0 Å². The molecular formula is C21H14OS. The van der Waals surface area contributed by atoms with Gasteiger partial charge in [0.15, 0.2) is 0 Å². The molecule has 0 fully saturated rings. The lowest BCUT2D eigenvalue weighted by Gasteiger charge is -2.15. The summed E-state index contributed by atoms with van der Waals surface area (Å²) >= 11 is 1.79. The molecule has 2 heteroatoms. The molecule has 0 saturated heterocycles. The molecule has 0 N–H and O–H groups in total. The summed E-state index contributed by atoms with van der Waals surface area (Å²) in [6, 6.07) is 21.8. The van der Waals surface area contributed by atoms with Crippen molar-refractivity contribution in [3.05, 3.63) is 66.0 Å². The summed E-state index contributed by atoms with van der Waals surface area (Å²) in [6.07, 6.45) is 0. The molecule has 0 aliphatic rings. The van der Waals surface area contributed by atoms with E-state index in [2.05, 4.69) is 66.0 Å². The van der Waals surface area contributed by atoms with Gasteiger partial charge in [0.05, 0.1) is 7.11 Å². The second kappa shape index (κ2) is 4.71. The molecule has 0 radical (unpaired) electrons. The summed E-state index contributed by atoms with van der Waals surface area (Å²) in [6.45, 7) is 0. The van der Waals surface area contributed by atoms with Gasteiger partial charge in [-0.1, -0.05) is 36.4 Å². The summed E-state index contributed by atoms with van der Waals surface area (Å²) in [5.41, 5.74) is 1.32. The molecule has 110 valence electrons. The molecule has 5 rings (SSSR count). The van der Waals surface area contributed by atoms with Crippen LogP contribution in [0.3, 0.4) is 0 Å². The average Bonchev–Trinajstić information content (AvgIpc) is 3.13. The van der Waals surface area contributed by atoms with Gasteiger partial charge in [-0.25, -0.2) is 0 Å². The lowest BCUT2D eigenvalue weighted by molar-refractivity contribution is 0.420. The van der Waals surface area contributed by atoms with E-state index in [1.807, 2.05) is 0 Å². The van der Waals surface area contributed by atoms with Gasteiger partial charge < -0.3 is 4.74 Å². The van der Waals surface area contributed by atoms with Crippen LogP contribution >= 0.6 is 11.3 Å². The van der Waals surface area contributed by atoms with Crippen LogP contribution in [0.4, 0.5) is 0 Å². The second-order valence-electron chi connectivity index (χ2n) is 5.78. The van der Waals surface area contributed by atoms with E-state index in [1.54, 1.807) is 18.4 Å². The van der Waals surface area contributed by atoms with Gasteiger partial charge in [-0.2, -0.15) is 0 Å². The maximum absolute atomic E-state index is 5.58. The molecule has 0 spiro atoms. The van der Waals surface area contributed by atoms with Crippen molar-refractivity contribution < 1.29 is 4.74 Å². The topological polar surface area (TPSA) is 9.23 Å². The Balaban J connectivity index is 2.07. The van der Waals surface area contributed by atoms with Crippen LogP contribution in [0, 0.1) is 0 Å². The van der Waals surface area contributed by atoms with E-state index in [0.29, 0.717) is 0 Å². The van der Waals surface area contributed by atoms with Crippen molar-refractivity contribution >= 4 is 43.7 Å². The monoisotopic (exact) mass is 314 g/mol. The molecule has 23 heavy (non-hydrogen) atoms. The molecular weight excluding hydrogens is 300 g/mol. The van der Waals surface area contributed by atoms with Crippen molar-refractivity contribution in [2.75, 3.05) is 7.11 Å². The van der Waals surface area contributed by atoms with Crippen LogP contribution < -0.4 is 4.74 Å². The van der Waals surface area contributed by atoms with E-state index in [4.69, 9.17) is 4.74 Å². The molecule has 0 unspecified atom stereocenters. The van der Waals surface area contributed by atoms with Crippen molar-refractivity contribution in [1.29, 1.82) is 0 Å². The van der Waals surface area contributed by atoms with Crippen LogP contribution in [0.5, 0.6) is 5.75 Å². The minimum absolute atomic E-state index is 0.938. The highest BCUT2D eigenvalue weighted by atomic mass is 32.1. The Hall–Kier alpha value is -2.58. The molecule has 0 atom stereocenters. The normalized spacial score (nSPS) is 11.7. The zero-order chi connectivity index (χ0) is 15.4. The summed E-state index contributed by atoms with van der Waals surface area (Å²) < 4.78 is 5.58. The van der Waals surface area contributed by atoms with Gasteiger partial charge in [-0.3, -0.25) is 0 Å². The number of ether oxygens (including phenoxy) is 1. The van der Waals surface area contributed by atoms with Gasteiger partial charge >= 0.3 is 0 Å². The van der Waals surface area contributed by atoms with Crippen LogP contribution in [-0.4, -0.2) is 7.11 Å². The summed E-state index contributed by atoms with van der Waals surface area (Å²) in [4.78, 5) is 1.32. The first kappa shape index (κ1) is 12.9. The third kappa shape index (κ3) is 1.73. The van der Waals surface area contributed by atoms with Crippen molar-refractivity contribution in [2.24, 2.45) is 0 Å². The minimum atomic E-state index is 0.938. The summed E-state index contributed by atoms with van der Waals surface area (Å²) in [7, 11) is 1.74. The van der Waals surface area contributed by atoms with E-state index >= 15 is 0 Å². The number of rotatable bonds is 2. The highest BCUT2D eigenvalue weighted by molar-refractivity contribution is 7.13. The molecule has 4 aromatic carbocycles. The zero-order valence-electron chi connectivity index (χ0n) is 12.7. The number of hydrogen-bond acceptors (Lipinski definition) is 2. The molecule has 1 aromatic heterocycles. The number of benzene rings is 4. The summed E-state index contributed by atoms with van der Waals surface area (Å²) in [5.74, 6) is 0.938. The second-order valence-corrected chi connectivity index (χ2v) is 6.73. The standard InChI is InChI=1S/C21H14OS/c1-22-18-10-8-14-12-17(19-6-3-11-23-19)15-5-2-4-13-7-9-16(18)21(14)20(13)15/h2-12H,1H3. The Morgan fingerprint density at radius 1 is 0.783 bits per heavy atom. The third-order valence-electron chi connectivity index (χ3n) is 4.61. The van der Waals surface area contributed by atoms with Gasteiger partial charge in [-0.15, -0.1) is 11.3 Å². The first-order valence-electron chi connectivity index (χ1n) is 7.65. The predicted octanol–water partition coefficient (Wildman–Crippen LogP) is 6.32. The SMILES string of the molecule is COc1ccc2cc(-c3cccs3)c3cccc4ccc1c2c43. The smallest absolute Gasteiger partial charge is 0.126 e. The Kier molecular flexibility index (Phi) is 2.64. The van der Waals surface area contributed by atoms with Crippen molar-refractivity contribution in [2.45, 2.75) is 0 Å². The predicted molar refractivity (Wildman–Crippen MR) is 100 cm³/mol. The summed E-state index contributed by atoms with van der Waals surface area (Å²) in [5, 5.41) is 9.84. The van der Waals surface area contributed by atoms with Crippen molar-refractivity contribution in [1.82, 2.24) is 0 Å². The first-order chi connectivity index (χ1) is 11.4. The van der Waals surface area contributed by atoms with Crippen LogP contribution in [0.25, 0.3) is 42.8 Å². The molecule has 5 aromatic rings. The van der Waals surface area contributed by atoms with Crippen LogP contribution in [0.2, 0.25) is 0 Å². The van der Waals surface area contributed by atoms with E-state index in [1.165, 1.54) is 42.8 Å². The van der Waals surface area contributed by atoms with E-state index in [-0.39, 0.29) is 0 Å². The fourth-order valence-electron chi connectivity index (χ4n) is 3.61. The van der Waals surface area contributed by atoms with E-state index in [0.717, 1.165) is 5.75 Å². The Morgan fingerprint density at radius 3 is 2.48 bits per heavy atom. The fraction of sp³-hybridized carbons (Fsp3) is 0.0476. The molecule has 0 bridgehead atoms. The first-order valence-corrected chi connectivity index (χ1v) is 8.53. The van der Waals surface area contributed by atoms with Gasteiger partial charge in [-0.05, 0) is 51.2 Å². The maximum atomic E-state index is 5.58. The van der Waals surface area contributed by atoms with Gasteiger partial charge in [0.2, 0.25) is 0 Å². The Morgan fingerprint density at radius 2 is 1.65 bits per heavy atom. The Labute approximate surface area is 138 Å². The quantitative estimate of drug-likeness (QED) is 0.346. The average molecular weight is 314 g/mol. The maximum Gasteiger partial charge on any atom is 0.126 e. The third-order valence-corrected chi connectivity index (χ3v) is 5.51. The molecule has 1 nitrogen and oxygen atoms in total. The molecule has 0 saturated carbocycles. The number of hydrogen-bond donors (Lipinski definition) is 0. The fourth-order valence-corrected chi connectivity index (χ4v) is 4.37. The molecule has 0 amide bonds. The van der Waals surface area contributed by atoms with Gasteiger partial charge in [0.1, 0.15) is 5.75 Å². The largest absolute Gasteiger partial charge is 0.496 e. The molecule has 0 aliphatic heterocycles. The number of methoxy groups -OCH3 is 1. The van der Waals surface area contributed by atoms with E-state index in [9.17, 15) is 0 Å². The van der Waals surface area contributed by atoms with Crippen LogP contribution in [0.1, 0.15) is 0 Å². The molecule has 1 heterocycles. The Bertz CT molecular complexity index is 1140. The molecule has 0 aliphatic carbocycles. The van der Waals surface area contributed by atoms with Gasteiger partial charge in [0.25, 0.3) is 0 Å². The van der Waals surface area contributed by atoms with Gasteiger partial charge in [0, 0.05) is 21.2 Å². The highest BCUT2D eigenvalue weighted by Gasteiger charge is 2.15. The highest BCUT2D eigenvalue weighted by Crippen LogP contribution is 2.43. The van der Waals surface area contributed by atoms with Crippen LogP contribution in [0.15, 0.2) is 66.0 Å². The lowest BCUT2D eigenvalue weighted by Crippen LogP contribution is -1.90. The lowest BCUT2D eigenvalue weighted by atomic mass is 9.90. The minimum Gasteiger partial charge on any atom is -0.496 e. The number of thiophene rings is 1.